The summed E-state index contributed by atoms with van der Waals surface area (Å²) in [4.78, 5) is 0. The van der Waals surface area contributed by atoms with Crippen LogP contribution in [-0.2, 0) is 6.42 Å². The predicted molar refractivity (Wildman–Crippen MR) is 54.0 cm³/mol. The lowest BCUT2D eigenvalue weighted by atomic mass is 10.1. The van der Waals surface area contributed by atoms with Gasteiger partial charge in [-0.1, -0.05) is 30.4 Å². The molecule has 0 spiro atoms. The van der Waals surface area contributed by atoms with Crippen molar-refractivity contribution in [1.29, 1.82) is 0 Å². The van der Waals surface area contributed by atoms with Crippen LogP contribution in [0.15, 0.2) is 36.4 Å². The normalized spacial score (nSPS) is 20.2. The van der Waals surface area contributed by atoms with Gasteiger partial charge in [0.15, 0.2) is 0 Å². The van der Waals surface area contributed by atoms with Crippen LogP contribution in [0, 0.1) is 0 Å². The fraction of sp³-hybridized carbons (Fsp3) is 0.333. The van der Waals surface area contributed by atoms with E-state index in [9.17, 15) is 0 Å². The Bertz CT molecular complexity index is 290. The Kier molecular flexibility index (Phi) is 2.35. The topological polar surface area (TPSA) is 9.23 Å². The Morgan fingerprint density at radius 2 is 2.31 bits per heavy atom. The van der Waals surface area contributed by atoms with E-state index in [0.717, 1.165) is 18.6 Å². The monoisotopic (exact) mass is 174 g/mol. The van der Waals surface area contributed by atoms with Crippen LogP contribution in [0.3, 0.4) is 0 Å². The maximum atomic E-state index is 5.76. The molecule has 0 bridgehead atoms. The van der Waals surface area contributed by atoms with Crippen LogP contribution in [0.5, 0.6) is 5.75 Å². The summed E-state index contributed by atoms with van der Waals surface area (Å²) in [6, 6.07) is 8.28. The third-order valence-corrected chi connectivity index (χ3v) is 2.35. The summed E-state index contributed by atoms with van der Waals surface area (Å²) in [6.45, 7) is 2.04. The number of rotatable bonds is 2. The lowest BCUT2D eigenvalue weighted by molar-refractivity contribution is 0.236. The van der Waals surface area contributed by atoms with Crippen molar-refractivity contribution in [3.05, 3.63) is 42.0 Å². The van der Waals surface area contributed by atoms with Gasteiger partial charge >= 0.3 is 0 Å². The zero-order valence-corrected chi connectivity index (χ0v) is 7.86. The molecule has 0 fully saturated rings. The first-order valence-electron chi connectivity index (χ1n) is 4.76. The van der Waals surface area contributed by atoms with Gasteiger partial charge in [-0.25, -0.2) is 0 Å². The first-order valence-corrected chi connectivity index (χ1v) is 4.76. The number of hydrogen-bond donors (Lipinski definition) is 0. The van der Waals surface area contributed by atoms with E-state index in [1.807, 2.05) is 19.1 Å². The van der Waals surface area contributed by atoms with Crippen molar-refractivity contribution >= 4 is 0 Å². The predicted octanol–water partition coefficient (Wildman–Crippen LogP) is 2.96. The van der Waals surface area contributed by atoms with E-state index in [1.54, 1.807) is 0 Å². The standard InChI is InChI=1S/C12H14O/c1-2-3-7-11-9-10-6-4-5-8-12(10)13-11/h2-6,8,11H,7,9H2,1H3/b3-2+. The lowest BCUT2D eigenvalue weighted by Crippen LogP contribution is -2.10. The van der Waals surface area contributed by atoms with E-state index in [4.69, 9.17) is 4.74 Å². The summed E-state index contributed by atoms with van der Waals surface area (Å²) in [7, 11) is 0. The largest absolute Gasteiger partial charge is 0.489 e. The van der Waals surface area contributed by atoms with Crippen molar-refractivity contribution in [2.75, 3.05) is 0 Å². The molecule has 1 aliphatic heterocycles. The van der Waals surface area contributed by atoms with E-state index in [0.29, 0.717) is 6.10 Å². The molecular weight excluding hydrogens is 160 g/mol. The van der Waals surface area contributed by atoms with E-state index < -0.39 is 0 Å². The van der Waals surface area contributed by atoms with Crippen LogP contribution < -0.4 is 4.74 Å². The summed E-state index contributed by atoms with van der Waals surface area (Å²) < 4.78 is 5.76. The van der Waals surface area contributed by atoms with Crippen molar-refractivity contribution in [2.45, 2.75) is 25.9 Å². The lowest BCUT2D eigenvalue weighted by Gasteiger charge is -2.06. The Hall–Kier alpha value is -1.24. The number of fused-ring (bicyclic) bond motifs is 1. The molecule has 1 unspecified atom stereocenters. The molecule has 1 aromatic carbocycles. The molecule has 1 aromatic rings. The van der Waals surface area contributed by atoms with Gasteiger partial charge in [0, 0.05) is 12.8 Å². The molecule has 68 valence electrons. The SMILES string of the molecule is C/C=C/CC1Cc2ccccc2O1. The summed E-state index contributed by atoms with van der Waals surface area (Å²) in [5.74, 6) is 1.07. The third kappa shape index (κ3) is 1.74. The van der Waals surface area contributed by atoms with Gasteiger partial charge in [-0.2, -0.15) is 0 Å². The van der Waals surface area contributed by atoms with Crippen LogP contribution in [0.1, 0.15) is 18.9 Å². The van der Waals surface area contributed by atoms with E-state index in [-0.39, 0.29) is 0 Å². The van der Waals surface area contributed by atoms with Gasteiger partial charge in [-0.05, 0) is 18.6 Å². The van der Waals surface area contributed by atoms with Crippen LogP contribution in [0.2, 0.25) is 0 Å². The summed E-state index contributed by atoms with van der Waals surface area (Å²) in [6.07, 6.45) is 6.67. The van der Waals surface area contributed by atoms with Crippen LogP contribution in [-0.4, -0.2) is 6.10 Å². The first kappa shape index (κ1) is 8.36. The van der Waals surface area contributed by atoms with Crippen molar-refractivity contribution in [2.24, 2.45) is 0 Å². The average Bonchev–Trinajstić information content (AvgIpc) is 2.57. The first-order chi connectivity index (χ1) is 6.40. The average molecular weight is 174 g/mol. The molecule has 0 radical (unpaired) electrons. The molecule has 1 nitrogen and oxygen atoms in total. The highest BCUT2D eigenvalue weighted by Gasteiger charge is 2.20. The van der Waals surface area contributed by atoms with Crippen LogP contribution >= 0.6 is 0 Å². The highest BCUT2D eigenvalue weighted by molar-refractivity contribution is 5.37. The molecule has 1 heteroatoms. The van der Waals surface area contributed by atoms with Crippen molar-refractivity contribution < 1.29 is 4.74 Å². The smallest absolute Gasteiger partial charge is 0.123 e. The molecule has 1 aliphatic rings. The molecule has 13 heavy (non-hydrogen) atoms. The zero-order chi connectivity index (χ0) is 9.10. The van der Waals surface area contributed by atoms with Gasteiger partial charge in [-0.15, -0.1) is 0 Å². The van der Waals surface area contributed by atoms with Crippen molar-refractivity contribution in [3.8, 4) is 5.75 Å². The van der Waals surface area contributed by atoms with E-state index >= 15 is 0 Å². The highest BCUT2D eigenvalue weighted by atomic mass is 16.5. The number of ether oxygens (including phenoxy) is 1. The van der Waals surface area contributed by atoms with Crippen molar-refractivity contribution in [1.82, 2.24) is 0 Å². The highest BCUT2D eigenvalue weighted by Crippen LogP contribution is 2.29. The fourth-order valence-electron chi connectivity index (χ4n) is 1.67. The number of para-hydroxylation sites is 1. The Labute approximate surface area is 79.0 Å². The second-order valence-corrected chi connectivity index (χ2v) is 3.36. The molecule has 0 amide bonds. The van der Waals surface area contributed by atoms with Crippen LogP contribution in [0.25, 0.3) is 0 Å². The third-order valence-electron chi connectivity index (χ3n) is 2.35. The quantitative estimate of drug-likeness (QED) is 0.626. The minimum Gasteiger partial charge on any atom is -0.489 e. The van der Waals surface area contributed by atoms with Crippen LogP contribution in [0.4, 0.5) is 0 Å². The molecule has 0 saturated heterocycles. The summed E-state index contributed by atoms with van der Waals surface area (Å²) in [5, 5.41) is 0. The zero-order valence-electron chi connectivity index (χ0n) is 7.86. The maximum Gasteiger partial charge on any atom is 0.123 e. The van der Waals surface area contributed by atoms with Crippen molar-refractivity contribution in [3.63, 3.8) is 0 Å². The maximum absolute atomic E-state index is 5.76. The van der Waals surface area contributed by atoms with Gasteiger partial charge in [0.2, 0.25) is 0 Å². The molecule has 0 aromatic heterocycles. The van der Waals surface area contributed by atoms with Gasteiger partial charge < -0.3 is 4.74 Å². The Balaban J connectivity index is 2.05. The summed E-state index contributed by atoms with van der Waals surface area (Å²) in [5.41, 5.74) is 1.34. The van der Waals surface area contributed by atoms with Gasteiger partial charge in [0.1, 0.15) is 11.9 Å². The Morgan fingerprint density at radius 3 is 3.08 bits per heavy atom. The molecular formula is C12H14O. The summed E-state index contributed by atoms with van der Waals surface area (Å²) >= 11 is 0. The second kappa shape index (κ2) is 3.65. The number of hydrogen-bond acceptors (Lipinski definition) is 1. The second-order valence-electron chi connectivity index (χ2n) is 3.36. The number of benzene rings is 1. The fourth-order valence-corrected chi connectivity index (χ4v) is 1.67. The van der Waals surface area contributed by atoms with E-state index in [1.165, 1.54) is 5.56 Å². The molecule has 1 heterocycles. The molecule has 0 saturated carbocycles. The minimum atomic E-state index is 0.355. The van der Waals surface area contributed by atoms with Gasteiger partial charge in [-0.3, -0.25) is 0 Å². The Morgan fingerprint density at radius 1 is 1.46 bits per heavy atom. The molecule has 0 aliphatic carbocycles. The molecule has 1 atom stereocenters. The molecule has 2 rings (SSSR count). The van der Waals surface area contributed by atoms with Gasteiger partial charge in [0.05, 0.1) is 0 Å². The van der Waals surface area contributed by atoms with Gasteiger partial charge in [0.25, 0.3) is 0 Å². The number of allylic oxidation sites excluding steroid dienone is 1. The molecule has 0 N–H and O–H groups in total. The minimum absolute atomic E-state index is 0.355. The van der Waals surface area contributed by atoms with E-state index in [2.05, 4.69) is 24.3 Å².